The number of benzene rings is 1. The number of aliphatic hydroxyl groups excluding tert-OH is 1. The minimum absolute atomic E-state index is 0.138. The molecule has 1 aliphatic carbocycles. The van der Waals surface area contributed by atoms with Crippen LogP contribution in [0.2, 0.25) is 0 Å². The van der Waals surface area contributed by atoms with Gasteiger partial charge in [0.1, 0.15) is 11.6 Å². The Kier molecular flexibility index (Phi) is 2.64. The third-order valence-corrected chi connectivity index (χ3v) is 3.19. The van der Waals surface area contributed by atoms with Crippen LogP contribution in [-0.4, -0.2) is 5.11 Å². The molecule has 1 unspecified atom stereocenters. The fourth-order valence-corrected chi connectivity index (χ4v) is 2.06. The molecular formula is C12H11F2NO. The summed E-state index contributed by atoms with van der Waals surface area (Å²) in [5.74, 6) is -1.47. The second kappa shape index (κ2) is 3.84. The normalized spacial score (nSPS) is 19.6. The van der Waals surface area contributed by atoms with Gasteiger partial charge in [-0.1, -0.05) is 6.42 Å². The molecule has 1 fully saturated rings. The highest BCUT2D eigenvalue weighted by molar-refractivity contribution is 5.26. The number of hydrogen-bond acceptors (Lipinski definition) is 2. The lowest BCUT2D eigenvalue weighted by Crippen LogP contribution is -2.34. The molecule has 0 aromatic heterocycles. The summed E-state index contributed by atoms with van der Waals surface area (Å²) in [5, 5.41) is 19.0. The van der Waals surface area contributed by atoms with Crippen LogP contribution in [0.5, 0.6) is 0 Å². The maximum Gasteiger partial charge on any atom is 0.126 e. The van der Waals surface area contributed by atoms with E-state index in [-0.39, 0.29) is 5.56 Å². The lowest BCUT2D eigenvalue weighted by Gasteiger charge is -2.39. The molecule has 1 aromatic carbocycles. The Morgan fingerprint density at radius 2 is 1.81 bits per heavy atom. The van der Waals surface area contributed by atoms with Crippen LogP contribution < -0.4 is 0 Å². The quantitative estimate of drug-likeness (QED) is 0.837. The van der Waals surface area contributed by atoms with Crippen LogP contribution in [0.4, 0.5) is 8.78 Å². The number of halogens is 2. The van der Waals surface area contributed by atoms with Crippen LogP contribution in [0.3, 0.4) is 0 Å². The van der Waals surface area contributed by atoms with Crippen LogP contribution in [0.1, 0.15) is 30.9 Å². The Labute approximate surface area is 92.1 Å². The van der Waals surface area contributed by atoms with Crippen molar-refractivity contribution in [3.05, 3.63) is 35.4 Å². The Hall–Kier alpha value is -1.47. The molecule has 0 radical (unpaired) electrons. The Bertz CT molecular complexity index is 429. The lowest BCUT2D eigenvalue weighted by molar-refractivity contribution is 0.00757. The third kappa shape index (κ3) is 1.68. The van der Waals surface area contributed by atoms with Gasteiger partial charge >= 0.3 is 0 Å². The molecule has 0 bridgehead atoms. The second-order valence-corrected chi connectivity index (χ2v) is 4.23. The summed E-state index contributed by atoms with van der Waals surface area (Å²) < 4.78 is 25.9. The van der Waals surface area contributed by atoms with Gasteiger partial charge in [-0.05, 0) is 30.5 Å². The third-order valence-electron chi connectivity index (χ3n) is 3.19. The fourth-order valence-electron chi connectivity index (χ4n) is 2.06. The number of rotatable bonds is 2. The van der Waals surface area contributed by atoms with Crippen LogP contribution in [0.15, 0.2) is 18.2 Å². The summed E-state index contributed by atoms with van der Waals surface area (Å²) >= 11 is 0. The first kappa shape index (κ1) is 11.0. The largest absolute Gasteiger partial charge is 0.387 e. The first-order chi connectivity index (χ1) is 7.57. The highest BCUT2D eigenvalue weighted by Crippen LogP contribution is 2.49. The topological polar surface area (TPSA) is 44.0 Å². The van der Waals surface area contributed by atoms with Gasteiger partial charge in [0, 0.05) is 6.07 Å². The minimum Gasteiger partial charge on any atom is -0.387 e. The maximum atomic E-state index is 13.0. The summed E-state index contributed by atoms with van der Waals surface area (Å²) in [6.07, 6.45) is 0.894. The van der Waals surface area contributed by atoms with E-state index in [0.29, 0.717) is 12.8 Å². The van der Waals surface area contributed by atoms with Crippen LogP contribution in [-0.2, 0) is 0 Å². The van der Waals surface area contributed by atoms with E-state index in [9.17, 15) is 13.9 Å². The van der Waals surface area contributed by atoms with Crippen molar-refractivity contribution in [3.63, 3.8) is 0 Å². The molecule has 0 saturated heterocycles. The highest BCUT2D eigenvalue weighted by atomic mass is 19.1. The zero-order valence-corrected chi connectivity index (χ0v) is 8.58. The minimum atomic E-state index is -1.11. The summed E-state index contributed by atoms with van der Waals surface area (Å²) in [6.45, 7) is 0. The molecule has 0 amide bonds. The van der Waals surface area contributed by atoms with Gasteiger partial charge in [0.05, 0.1) is 17.6 Å². The van der Waals surface area contributed by atoms with Crippen molar-refractivity contribution in [2.75, 3.05) is 0 Å². The van der Waals surface area contributed by atoms with E-state index in [1.165, 1.54) is 0 Å². The predicted molar refractivity (Wildman–Crippen MR) is 53.2 cm³/mol. The average molecular weight is 223 g/mol. The molecule has 2 rings (SSSR count). The van der Waals surface area contributed by atoms with Crippen molar-refractivity contribution >= 4 is 0 Å². The second-order valence-electron chi connectivity index (χ2n) is 4.23. The van der Waals surface area contributed by atoms with Gasteiger partial charge in [-0.3, -0.25) is 0 Å². The average Bonchev–Trinajstić information content (AvgIpc) is 2.15. The molecule has 1 aliphatic rings. The molecule has 0 spiro atoms. The van der Waals surface area contributed by atoms with E-state index in [2.05, 4.69) is 6.07 Å². The molecule has 1 saturated carbocycles. The monoisotopic (exact) mass is 223 g/mol. The molecule has 4 heteroatoms. The summed E-state index contributed by atoms with van der Waals surface area (Å²) in [7, 11) is 0. The lowest BCUT2D eigenvalue weighted by atomic mass is 9.65. The Morgan fingerprint density at radius 1 is 1.25 bits per heavy atom. The van der Waals surface area contributed by atoms with E-state index >= 15 is 0 Å². The van der Waals surface area contributed by atoms with Crippen molar-refractivity contribution in [2.24, 2.45) is 5.41 Å². The predicted octanol–water partition coefficient (Wildman–Crippen LogP) is 2.69. The first-order valence-corrected chi connectivity index (χ1v) is 5.13. The van der Waals surface area contributed by atoms with E-state index < -0.39 is 23.2 Å². The number of hydrogen-bond donors (Lipinski definition) is 1. The van der Waals surface area contributed by atoms with Crippen LogP contribution in [0.25, 0.3) is 0 Å². The molecule has 84 valence electrons. The molecule has 1 aromatic rings. The Morgan fingerprint density at radius 3 is 2.19 bits per heavy atom. The van der Waals surface area contributed by atoms with E-state index in [1.807, 2.05) is 0 Å². The van der Waals surface area contributed by atoms with E-state index in [0.717, 1.165) is 24.6 Å². The standard InChI is InChI=1S/C12H11F2NO/c13-9-4-8(5-10(14)6-9)11(16)12(7-15)2-1-3-12/h4-6,11,16H,1-3H2. The molecule has 16 heavy (non-hydrogen) atoms. The van der Waals surface area contributed by atoms with Crippen molar-refractivity contribution in [1.82, 2.24) is 0 Å². The fraction of sp³-hybridized carbons (Fsp3) is 0.417. The van der Waals surface area contributed by atoms with Crippen molar-refractivity contribution in [2.45, 2.75) is 25.4 Å². The molecular weight excluding hydrogens is 212 g/mol. The summed E-state index contributed by atoms with van der Waals surface area (Å²) in [4.78, 5) is 0. The smallest absolute Gasteiger partial charge is 0.126 e. The van der Waals surface area contributed by atoms with Gasteiger partial charge in [0.25, 0.3) is 0 Å². The first-order valence-electron chi connectivity index (χ1n) is 5.13. The van der Waals surface area contributed by atoms with Gasteiger partial charge in [-0.25, -0.2) is 8.78 Å². The van der Waals surface area contributed by atoms with Gasteiger partial charge in [-0.15, -0.1) is 0 Å². The van der Waals surface area contributed by atoms with Gasteiger partial charge in [0.2, 0.25) is 0 Å². The van der Waals surface area contributed by atoms with E-state index in [4.69, 9.17) is 5.26 Å². The molecule has 2 nitrogen and oxygen atoms in total. The zero-order valence-electron chi connectivity index (χ0n) is 8.58. The Balaban J connectivity index is 2.34. The van der Waals surface area contributed by atoms with Gasteiger partial charge in [0.15, 0.2) is 0 Å². The maximum absolute atomic E-state index is 13.0. The number of nitriles is 1. The van der Waals surface area contributed by atoms with Crippen LogP contribution in [0, 0.1) is 28.4 Å². The SMILES string of the molecule is N#CC1(C(O)c2cc(F)cc(F)c2)CCC1. The summed E-state index contributed by atoms with van der Waals surface area (Å²) in [5.41, 5.74) is -0.723. The molecule has 1 atom stereocenters. The van der Waals surface area contributed by atoms with Crippen molar-refractivity contribution in [3.8, 4) is 6.07 Å². The number of aliphatic hydroxyl groups is 1. The molecule has 0 aliphatic heterocycles. The van der Waals surface area contributed by atoms with Gasteiger partial charge in [-0.2, -0.15) is 5.26 Å². The van der Waals surface area contributed by atoms with Crippen molar-refractivity contribution < 1.29 is 13.9 Å². The van der Waals surface area contributed by atoms with Crippen molar-refractivity contribution in [1.29, 1.82) is 5.26 Å². The highest BCUT2D eigenvalue weighted by Gasteiger charge is 2.44. The number of nitrogens with zero attached hydrogens (tertiary/aromatic N) is 1. The summed E-state index contributed by atoms with van der Waals surface area (Å²) in [6, 6.07) is 4.95. The molecule has 1 N–H and O–H groups in total. The molecule has 0 heterocycles. The zero-order chi connectivity index (χ0) is 11.8. The van der Waals surface area contributed by atoms with E-state index in [1.54, 1.807) is 0 Å². The van der Waals surface area contributed by atoms with Crippen LogP contribution >= 0.6 is 0 Å². The van der Waals surface area contributed by atoms with Gasteiger partial charge < -0.3 is 5.11 Å².